The number of carbonyl (C=O) groups is 1. The van der Waals surface area contributed by atoms with E-state index in [0.29, 0.717) is 17.1 Å². The van der Waals surface area contributed by atoms with Gasteiger partial charge in [0.15, 0.2) is 0 Å². The van der Waals surface area contributed by atoms with Crippen molar-refractivity contribution in [2.45, 2.75) is 0 Å². The molecule has 3 rings (SSSR count). The Bertz CT molecular complexity index is 778. The lowest BCUT2D eigenvalue weighted by molar-refractivity contribution is 0.0697. The summed E-state index contributed by atoms with van der Waals surface area (Å²) >= 11 is 0. The number of anilines is 1. The molecule has 0 saturated heterocycles. The van der Waals surface area contributed by atoms with Crippen molar-refractivity contribution in [2.24, 2.45) is 0 Å². The van der Waals surface area contributed by atoms with E-state index in [2.05, 4.69) is 15.4 Å². The largest absolute Gasteiger partial charge is 0.478 e. The summed E-state index contributed by atoms with van der Waals surface area (Å²) in [5.74, 6) is -0.552. The van der Waals surface area contributed by atoms with E-state index in [0.717, 1.165) is 5.69 Å². The molecule has 1 aromatic heterocycles. The maximum Gasteiger partial charge on any atom is 0.335 e. The van der Waals surface area contributed by atoms with Crippen LogP contribution in [0.4, 0.5) is 5.69 Å². The molecule has 0 amide bonds. The fraction of sp³-hybridized carbons (Fsp3) is 0. The van der Waals surface area contributed by atoms with Gasteiger partial charge in [0.2, 0.25) is 5.82 Å². The molecule has 2 aromatic carbocycles. The Kier molecular flexibility index (Phi) is 3.07. The normalized spacial score (nSPS) is 10.5. The molecule has 0 unspecified atom stereocenters. The molecule has 0 fully saturated rings. The van der Waals surface area contributed by atoms with Crippen LogP contribution in [0.2, 0.25) is 0 Å². The molecule has 104 valence electrons. The Morgan fingerprint density at radius 2 is 1.71 bits per heavy atom. The van der Waals surface area contributed by atoms with Crippen molar-refractivity contribution in [3.05, 3.63) is 54.1 Å². The van der Waals surface area contributed by atoms with Gasteiger partial charge in [-0.05, 0) is 41.6 Å². The molecular formula is C14H11N5O2. The minimum absolute atomic E-state index is 0.213. The molecule has 0 aliphatic heterocycles. The molecule has 0 atom stereocenters. The predicted molar refractivity (Wildman–Crippen MR) is 76.0 cm³/mol. The fourth-order valence-electron chi connectivity index (χ4n) is 1.81. The average Bonchev–Trinajstić information content (AvgIpc) is 2.98. The van der Waals surface area contributed by atoms with Crippen LogP contribution < -0.4 is 5.73 Å². The molecule has 1 heterocycles. The van der Waals surface area contributed by atoms with Gasteiger partial charge in [0, 0.05) is 11.3 Å². The Balaban J connectivity index is 1.90. The second-order valence-corrected chi connectivity index (χ2v) is 4.38. The fourth-order valence-corrected chi connectivity index (χ4v) is 1.81. The highest BCUT2D eigenvalue weighted by Gasteiger charge is 2.08. The molecule has 0 saturated carbocycles. The first kappa shape index (κ1) is 12.8. The number of aromatic carboxylic acids is 1. The topological polar surface area (TPSA) is 107 Å². The Morgan fingerprint density at radius 1 is 1.05 bits per heavy atom. The van der Waals surface area contributed by atoms with Crippen LogP contribution in [0.15, 0.2) is 48.5 Å². The van der Waals surface area contributed by atoms with Crippen molar-refractivity contribution < 1.29 is 9.90 Å². The minimum atomic E-state index is -0.972. The van der Waals surface area contributed by atoms with Crippen LogP contribution in [0.25, 0.3) is 17.1 Å². The van der Waals surface area contributed by atoms with Gasteiger partial charge in [-0.25, -0.2) is 4.79 Å². The predicted octanol–water partition coefficient (Wildman–Crippen LogP) is 1.61. The first-order valence-electron chi connectivity index (χ1n) is 6.13. The van der Waals surface area contributed by atoms with Gasteiger partial charge in [-0.1, -0.05) is 12.1 Å². The molecule has 21 heavy (non-hydrogen) atoms. The van der Waals surface area contributed by atoms with Crippen LogP contribution in [-0.4, -0.2) is 31.3 Å². The standard InChI is InChI=1S/C14H11N5O2/c15-11-5-7-12(8-6-11)19-17-13(16-18-19)9-1-3-10(4-2-9)14(20)21/h1-8H,15H2,(H,20,21). The number of hydrogen-bond acceptors (Lipinski definition) is 5. The number of aromatic nitrogens is 4. The van der Waals surface area contributed by atoms with Crippen molar-refractivity contribution in [1.82, 2.24) is 20.2 Å². The summed E-state index contributed by atoms with van der Waals surface area (Å²) in [6.45, 7) is 0. The van der Waals surface area contributed by atoms with Gasteiger partial charge in [0.1, 0.15) is 0 Å². The summed E-state index contributed by atoms with van der Waals surface area (Å²) in [5.41, 5.74) is 7.93. The molecule has 0 bridgehead atoms. The molecule has 7 nitrogen and oxygen atoms in total. The number of benzene rings is 2. The van der Waals surface area contributed by atoms with Crippen LogP contribution in [0.1, 0.15) is 10.4 Å². The number of hydrogen-bond donors (Lipinski definition) is 2. The average molecular weight is 281 g/mol. The molecule has 7 heteroatoms. The van der Waals surface area contributed by atoms with E-state index in [9.17, 15) is 4.79 Å². The molecule has 3 aromatic rings. The first-order valence-corrected chi connectivity index (χ1v) is 6.13. The van der Waals surface area contributed by atoms with Gasteiger partial charge in [-0.15, -0.1) is 15.0 Å². The summed E-state index contributed by atoms with van der Waals surface area (Å²) < 4.78 is 0. The van der Waals surface area contributed by atoms with Crippen LogP contribution >= 0.6 is 0 Å². The molecule has 0 spiro atoms. The van der Waals surface area contributed by atoms with Crippen molar-refractivity contribution in [2.75, 3.05) is 5.73 Å². The van der Waals surface area contributed by atoms with Gasteiger partial charge in [-0.3, -0.25) is 0 Å². The van der Waals surface area contributed by atoms with Crippen LogP contribution in [0.3, 0.4) is 0 Å². The number of nitrogens with two attached hydrogens (primary N) is 1. The number of nitrogen functional groups attached to an aromatic ring is 1. The zero-order valence-electron chi connectivity index (χ0n) is 10.8. The maximum atomic E-state index is 10.8. The highest BCUT2D eigenvalue weighted by atomic mass is 16.4. The zero-order valence-corrected chi connectivity index (χ0v) is 10.8. The van der Waals surface area contributed by atoms with Gasteiger partial charge in [-0.2, -0.15) is 0 Å². The van der Waals surface area contributed by atoms with Crippen molar-refractivity contribution in [1.29, 1.82) is 0 Å². The van der Waals surface area contributed by atoms with Crippen molar-refractivity contribution in [3.8, 4) is 17.1 Å². The lowest BCUT2D eigenvalue weighted by Gasteiger charge is -1.98. The quantitative estimate of drug-likeness (QED) is 0.706. The summed E-state index contributed by atoms with van der Waals surface area (Å²) in [6.07, 6.45) is 0. The molecule has 0 aliphatic carbocycles. The molecule has 3 N–H and O–H groups in total. The van der Waals surface area contributed by atoms with Crippen LogP contribution in [0, 0.1) is 0 Å². The lowest BCUT2D eigenvalue weighted by atomic mass is 10.1. The van der Waals surface area contributed by atoms with E-state index in [-0.39, 0.29) is 5.56 Å². The highest BCUT2D eigenvalue weighted by Crippen LogP contribution is 2.16. The lowest BCUT2D eigenvalue weighted by Crippen LogP contribution is -1.99. The van der Waals surface area contributed by atoms with Crippen LogP contribution in [0.5, 0.6) is 0 Å². The van der Waals surface area contributed by atoms with E-state index in [1.165, 1.54) is 16.9 Å². The van der Waals surface area contributed by atoms with Gasteiger partial charge in [0.25, 0.3) is 0 Å². The third-order valence-electron chi connectivity index (χ3n) is 2.93. The number of carboxylic acid groups (broad SMARTS) is 1. The summed E-state index contributed by atoms with van der Waals surface area (Å²) in [6, 6.07) is 13.4. The Morgan fingerprint density at radius 3 is 2.33 bits per heavy atom. The van der Waals surface area contributed by atoms with Gasteiger partial charge in [0.05, 0.1) is 11.3 Å². The summed E-state index contributed by atoms with van der Waals surface area (Å²) in [5, 5.41) is 21.1. The second-order valence-electron chi connectivity index (χ2n) is 4.38. The second kappa shape index (κ2) is 5.04. The Hall–Kier alpha value is -3.22. The van der Waals surface area contributed by atoms with E-state index in [1.807, 2.05) is 0 Å². The SMILES string of the molecule is Nc1ccc(-n2nnc(-c3ccc(C(=O)O)cc3)n2)cc1. The first-order chi connectivity index (χ1) is 10.1. The van der Waals surface area contributed by atoms with E-state index >= 15 is 0 Å². The monoisotopic (exact) mass is 281 g/mol. The Labute approximate surface area is 119 Å². The number of tetrazole rings is 1. The number of rotatable bonds is 3. The molecule has 0 aliphatic rings. The minimum Gasteiger partial charge on any atom is -0.478 e. The smallest absolute Gasteiger partial charge is 0.335 e. The summed E-state index contributed by atoms with van der Waals surface area (Å²) in [7, 11) is 0. The van der Waals surface area contributed by atoms with Gasteiger partial charge < -0.3 is 10.8 Å². The third kappa shape index (κ3) is 2.57. The maximum absolute atomic E-state index is 10.8. The van der Waals surface area contributed by atoms with Crippen LogP contribution in [-0.2, 0) is 0 Å². The number of carboxylic acids is 1. The van der Waals surface area contributed by atoms with E-state index in [4.69, 9.17) is 10.8 Å². The van der Waals surface area contributed by atoms with Crippen molar-refractivity contribution in [3.63, 3.8) is 0 Å². The third-order valence-corrected chi connectivity index (χ3v) is 2.93. The number of nitrogens with zero attached hydrogens (tertiary/aromatic N) is 4. The van der Waals surface area contributed by atoms with E-state index in [1.54, 1.807) is 36.4 Å². The zero-order chi connectivity index (χ0) is 14.8. The van der Waals surface area contributed by atoms with Crippen molar-refractivity contribution >= 4 is 11.7 Å². The van der Waals surface area contributed by atoms with Gasteiger partial charge >= 0.3 is 5.97 Å². The van der Waals surface area contributed by atoms with E-state index < -0.39 is 5.97 Å². The molecular weight excluding hydrogens is 270 g/mol. The summed E-state index contributed by atoms with van der Waals surface area (Å²) in [4.78, 5) is 12.2. The highest BCUT2D eigenvalue weighted by molar-refractivity contribution is 5.88. The molecule has 0 radical (unpaired) electrons.